The molecule has 0 aliphatic heterocycles. The van der Waals surface area contributed by atoms with E-state index in [9.17, 15) is 18.0 Å². The number of carbonyl (C=O) groups is 1. The molecule has 2 N–H and O–H groups in total. The predicted molar refractivity (Wildman–Crippen MR) is 99.3 cm³/mol. The van der Waals surface area contributed by atoms with Gasteiger partial charge in [0, 0.05) is 6.54 Å². The molecule has 10 heteroatoms. The van der Waals surface area contributed by atoms with Crippen molar-refractivity contribution in [1.82, 2.24) is 10.2 Å². The molecule has 2 aromatic carbocycles. The Balaban J connectivity index is 1.49. The van der Waals surface area contributed by atoms with Gasteiger partial charge in [0.05, 0.1) is 11.4 Å². The minimum absolute atomic E-state index is 0.0776. The molecule has 0 aliphatic carbocycles. The summed E-state index contributed by atoms with van der Waals surface area (Å²) in [6.45, 7) is 0.593. The summed E-state index contributed by atoms with van der Waals surface area (Å²) in [6.07, 6.45) is 0. The van der Waals surface area contributed by atoms with Crippen LogP contribution in [0.15, 0.2) is 46.8 Å². The molecule has 0 fully saturated rings. The van der Waals surface area contributed by atoms with Crippen LogP contribution >= 0.6 is 23.1 Å². The van der Waals surface area contributed by atoms with E-state index in [4.69, 9.17) is 0 Å². The Kier molecular flexibility index (Phi) is 6.30. The quantitative estimate of drug-likeness (QED) is 0.449. The number of amides is 1. The van der Waals surface area contributed by atoms with Crippen LogP contribution in [0.25, 0.3) is 0 Å². The first-order valence-electron chi connectivity index (χ1n) is 7.70. The standard InChI is InChI=1S/C17H13F3N4OS2/c18-11-6-7-12(15(20)14(11)19)22-13(25)9-26-17-24-23-16(27-17)21-8-10-4-2-1-3-5-10/h1-7H,8-9H2,(H,21,23)(H,22,25). The second-order valence-electron chi connectivity index (χ2n) is 5.27. The molecule has 0 saturated carbocycles. The molecule has 0 radical (unpaired) electrons. The average Bonchev–Trinajstić information content (AvgIpc) is 3.14. The highest BCUT2D eigenvalue weighted by molar-refractivity contribution is 8.01. The van der Waals surface area contributed by atoms with Crippen molar-refractivity contribution in [3.05, 3.63) is 65.5 Å². The lowest BCUT2D eigenvalue weighted by Crippen LogP contribution is -2.15. The van der Waals surface area contributed by atoms with Crippen molar-refractivity contribution < 1.29 is 18.0 Å². The van der Waals surface area contributed by atoms with Gasteiger partial charge in [-0.15, -0.1) is 10.2 Å². The van der Waals surface area contributed by atoms with Crippen LogP contribution in [-0.2, 0) is 11.3 Å². The van der Waals surface area contributed by atoms with Gasteiger partial charge >= 0.3 is 0 Å². The molecule has 1 amide bonds. The number of halogens is 3. The van der Waals surface area contributed by atoms with Gasteiger partial charge in [-0.05, 0) is 17.7 Å². The Hall–Kier alpha value is -2.59. The van der Waals surface area contributed by atoms with E-state index in [0.717, 1.165) is 29.5 Å². The van der Waals surface area contributed by atoms with E-state index >= 15 is 0 Å². The van der Waals surface area contributed by atoms with E-state index in [1.807, 2.05) is 30.3 Å². The van der Waals surface area contributed by atoms with Crippen molar-refractivity contribution in [2.45, 2.75) is 10.9 Å². The highest BCUT2D eigenvalue weighted by Crippen LogP contribution is 2.26. The Morgan fingerprint density at radius 1 is 1.04 bits per heavy atom. The normalized spacial score (nSPS) is 10.6. The monoisotopic (exact) mass is 410 g/mol. The molecule has 0 atom stereocenters. The largest absolute Gasteiger partial charge is 0.356 e. The van der Waals surface area contributed by atoms with E-state index in [1.54, 1.807) is 0 Å². The number of nitrogens with zero attached hydrogens (tertiary/aromatic N) is 2. The number of carbonyl (C=O) groups excluding carboxylic acids is 1. The summed E-state index contributed by atoms with van der Waals surface area (Å²) in [6, 6.07) is 11.5. The van der Waals surface area contributed by atoms with Crippen molar-refractivity contribution in [3.63, 3.8) is 0 Å². The molecular formula is C17H13F3N4OS2. The highest BCUT2D eigenvalue weighted by Gasteiger charge is 2.16. The third-order valence-electron chi connectivity index (χ3n) is 3.33. The lowest BCUT2D eigenvalue weighted by molar-refractivity contribution is -0.113. The number of benzene rings is 2. The van der Waals surface area contributed by atoms with Gasteiger partial charge in [-0.3, -0.25) is 4.79 Å². The summed E-state index contributed by atoms with van der Waals surface area (Å²) in [7, 11) is 0. The summed E-state index contributed by atoms with van der Waals surface area (Å²) >= 11 is 2.38. The Labute approximate surface area is 161 Å². The van der Waals surface area contributed by atoms with Crippen molar-refractivity contribution in [1.29, 1.82) is 0 Å². The molecule has 5 nitrogen and oxygen atoms in total. The number of hydrogen-bond donors (Lipinski definition) is 2. The van der Waals surface area contributed by atoms with Gasteiger partial charge < -0.3 is 10.6 Å². The van der Waals surface area contributed by atoms with Crippen molar-refractivity contribution in [2.24, 2.45) is 0 Å². The first kappa shape index (κ1) is 19.2. The summed E-state index contributed by atoms with van der Waals surface area (Å²) in [5, 5.41) is 13.9. The summed E-state index contributed by atoms with van der Waals surface area (Å²) in [4.78, 5) is 11.9. The number of rotatable bonds is 7. The minimum atomic E-state index is -1.63. The van der Waals surface area contributed by atoms with Crippen LogP contribution in [-0.4, -0.2) is 21.9 Å². The van der Waals surface area contributed by atoms with Crippen molar-refractivity contribution >= 4 is 39.8 Å². The minimum Gasteiger partial charge on any atom is -0.356 e. The Morgan fingerprint density at radius 3 is 2.59 bits per heavy atom. The van der Waals surface area contributed by atoms with Gasteiger partial charge in [0.2, 0.25) is 11.0 Å². The predicted octanol–water partition coefficient (Wildman–Crippen LogP) is 4.30. The summed E-state index contributed by atoms with van der Waals surface area (Å²) in [5.41, 5.74) is 0.678. The molecule has 0 bridgehead atoms. The molecule has 3 aromatic rings. The zero-order chi connectivity index (χ0) is 19.2. The van der Waals surface area contributed by atoms with E-state index in [2.05, 4.69) is 20.8 Å². The maximum Gasteiger partial charge on any atom is 0.234 e. The van der Waals surface area contributed by atoms with Gasteiger partial charge in [-0.25, -0.2) is 13.2 Å². The van der Waals surface area contributed by atoms with Crippen molar-refractivity contribution in [3.8, 4) is 0 Å². The molecule has 3 rings (SSSR count). The number of aromatic nitrogens is 2. The Bertz CT molecular complexity index is 937. The zero-order valence-electron chi connectivity index (χ0n) is 13.7. The lowest BCUT2D eigenvalue weighted by Gasteiger charge is -2.06. The van der Waals surface area contributed by atoms with Crippen LogP contribution in [0.3, 0.4) is 0 Å². The summed E-state index contributed by atoms with van der Waals surface area (Å²) < 4.78 is 40.1. The topological polar surface area (TPSA) is 66.9 Å². The maximum atomic E-state index is 13.5. The van der Waals surface area contributed by atoms with E-state index in [-0.39, 0.29) is 5.75 Å². The number of anilines is 2. The molecule has 0 aliphatic rings. The molecule has 0 spiro atoms. The van der Waals surface area contributed by atoms with E-state index in [0.29, 0.717) is 16.0 Å². The first-order valence-corrected chi connectivity index (χ1v) is 9.50. The first-order chi connectivity index (χ1) is 13.0. The lowest BCUT2D eigenvalue weighted by atomic mass is 10.2. The molecule has 0 saturated heterocycles. The van der Waals surface area contributed by atoms with Gasteiger partial charge in [-0.1, -0.05) is 53.4 Å². The Morgan fingerprint density at radius 2 is 1.81 bits per heavy atom. The highest BCUT2D eigenvalue weighted by atomic mass is 32.2. The van der Waals surface area contributed by atoms with Crippen molar-refractivity contribution in [2.75, 3.05) is 16.4 Å². The maximum absolute atomic E-state index is 13.5. The smallest absolute Gasteiger partial charge is 0.234 e. The van der Waals surface area contributed by atoms with Crippen LogP contribution in [0.1, 0.15) is 5.56 Å². The van der Waals surface area contributed by atoms with Crippen LogP contribution < -0.4 is 10.6 Å². The second kappa shape index (κ2) is 8.87. The number of hydrogen-bond acceptors (Lipinski definition) is 6. The summed E-state index contributed by atoms with van der Waals surface area (Å²) in [5.74, 6) is -5.02. The fraction of sp³-hybridized carbons (Fsp3) is 0.118. The fourth-order valence-corrected chi connectivity index (χ4v) is 3.60. The molecule has 0 unspecified atom stereocenters. The van der Waals surface area contributed by atoms with Gasteiger partial charge in [0.25, 0.3) is 0 Å². The van der Waals surface area contributed by atoms with Crippen LogP contribution in [0, 0.1) is 17.5 Å². The molecule has 1 aromatic heterocycles. The molecule has 27 heavy (non-hydrogen) atoms. The second-order valence-corrected chi connectivity index (χ2v) is 7.47. The van der Waals surface area contributed by atoms with E-state index in [1.165, 1.54) is 11.3 Å². The molecule has 140 valence electrons. The van der Waals surface area contributed by atoms with Gasteiger partial charge in [-0.2, -0.15) is 0 Å². The molecule has 1 heterocycles. The average molecular weight is 410 g/mol. The van der Waals surface area contributed by atoms with Crippen LogP contribution in [0.4, 0.5) is 24.0 Å². The van der Waals surface area contributed by atoms with E-state index < -0.39 is 29.0 Å². The number of thioether (sulfide) groups is 1. The molecular weight excluding hydrogens is 397 g/mol. The van der Waals surface area contributed by atoms with Crippen LogP contribution in [0.5, 0.6) is 0 Å². The van der Waals surface area contributed by atoms with Crippen LogP contribution in [0.2, 0.25) is 0 Å². The van der Waals surface area contributed by atoms with Gasteiger partial charge in [0.1, 0.15) is 0 Å². The van der Waals surface area contributed by atoms with Gasteiger partial charge in [0.15, 0.2) is 21.8 Å². The zero-order valence-corrected chi connectivity index (χ0v) is 15.3. The third-order valence-corrected chi connectivity index (χ3v) is 5.34. The fourth-order valence-electron chi connectivity index (χ4n) is 2.05. The number of nitrogens with one attached hydrogen (secondary N) is 2. The SMILES string of the molecule is O=C(CSc1nnc(NCc2ccccc2)s1)Nc1ccc(F)c(F)c1F. The third kappa shape index (κ3) is 5.20.